The lowest BCUT2D eigenvalue weighted by molar-refractivity contribution is -0.121. The minimum Gasteiger partial charge on any atom is -0.325 e. The first-order chi connectivity index (χ1) is 13.7. The molecule has 1 N–H and O–H groups in total. The summed E-state index contributed by atoms with van der Waals surface area (Å²) in [6, 6.07) is 8.59. The Bertz CT molecular complexity index is 1010. The molecule has 1 amide bonds. The molecule has 0 aromatic heterocycles. The summed E-state index contributed by atoms with van der Waals surface area (Å²) in [6.07, 6.45) is 0. The summed E-state index contributed by atoms with van der Waals surface area (Å²) < 4.78 is 53.7. The second-order valence-corrected chi connectivity index (χ2v) is 8.98. The van der Waals surface area contributed by atoms with Crippen molar-refractivity contribution in [3.05, 3.63) is 59.1 Å². The summed E-state index contributed by atoms with van der Waals surface area (Å²) in [5.41, 5.74) is 0.369. The van der Waals surface area contributed by atoms with E-state index in [1.165, 1.54) is 34.6 Å². The van der Waals surface area contributed by atoms with Gasteiger partial charge in [-0.25, -0.2) is 17.2 Å². The topological polar surface area (TPSA) is 69.7 Å². The number of hydrogen-bond donors (Lipinski definition) is 1. The largest absolute Gasteiger partial charge is 0.325 e. The summed E-state index contributed by atoms with van der Waals surface area (Å²) in [7, 11) is -3.94. The van der Waals surface area contributed by atoms with Crippen LogP contribution in [0, 0.1) is 11.6 Å². The van der Waals surface area contributed by atoms with Gasteiger partial charge in [0, 0.05) is 31.9 Å². The fourth-order valence-electron chi connectivity index (χ4n) is 3.11. The molecule has 2 aromatic rings. The maximum Gasteiger partial charge on any atom is 0.246 e. The zero-order valence-corrected chi connectivity index (χ0v) is 17.2. The van der Waals surface area contributed by atoms with Gasteiger partial charge in [-0.1, -0.05) is 23.7 Å². The quantitative estimate of drug-likeness (QED) is 0.771. The first-order valence-electron chi connectivity index (χ1n) is 8.95. The Morgan fingerprint density at radius 2 is 1.72 bits per heavy atom. The predicted molar refractivity (Wildman–Crippen MR) is 106 cm³/mol. The number of nitrogens with one attached hydrogen (secondary N) is 1. The van der Waals surface area contributed by atoms with Crippen molar-refractivity contribution in [1.82, 2.24) is 9.21 Å². The van der Waals surface area contributed by atoms with Gasteiger partial charge in [-0.2, -0.15) is 4.31 Å². The molecule has 29 heavy (non-hydrogen) atoms. The predicted octanol–water partition coefficient (Wildman–Crippen LogP) is 2.95. The number of nitrogens with zero attached hydrogens (tertiary/aromatic N) is 2. The van der Waals surface area contributed by atoms with Crippen molar-refractivity contribution in [3.63, 3.8) is 0 Å². The van der Waals surface area contributed by atoms with Gasteiger partial charge in [0.25, 0.3) is 0 Å². The average molecular weight is 444 g/mol. The molecule has 1 unspecified atom stereocenters. The molecule has 0 spiro atoms. The minimum absolute atomic E-state index is 0.0950. The van der Waals surface area contributed by atoms with Gasteiger partial charge in [-0.05, 0) is 37.3 Å². The van der Waals surface area contributed by atoms with Crippen LogP contribution in [-0.4, -0.2) is 55.8 Å². The van der Waals surface area contributed by atoms with Crippen LogP contribution in [-0.2, 0) is 14.8 Å². The molecule has 156 valence electrons. The Hall–Kier alpha value is -2.07. The van der Waals surface area contributed by atoms with Crippen LogP contribution in [0.25, 0.3) is 0 Å². The van der Waals surface area contributed by atoms with E-state index in [2.05, 4.69) is 5.32 Å². The van der Waals surface area contributed by atoms with E-state index in [0.717, 1.165) is 12.1 Å². The SMILES string of the molecule is CC(C(=O)Nc1ccc(F)c(Cl)c1)N1CCN(S(=O)(=O)c2ccccc2F)CC1. The van der Waals surface area contributed by atoms with E-state index >= 15 is 0 Å². The molecule has 1 fully saturated rings. The van der Waals surface area contributed by atoms with Gasteiger partial charge in [0.2, 0.25) is 15.9 Å². The standard InChI is InChI=1S/C19H20ClF2N3O3S/c1-13(19(26)23-14-6-7-16(21)15(20)12-14)24-8-10-25(11-9-24)29(27,28)18-5-3-2-4-17(18)22/h2-7,12-13H,8-11H2,1H3,(H,23,26). The third-order valence-corrected chi connectivity index (χ3v) is 7.06. The lowest BCUT2D eigenvalue weighted by atomic mass is 10.2. The minimum atomic E-state index is -3.94. The van der Waals surface area contributed by atoms with Crippen molar-refractivity contribution in [2.45, 2.75) is 17.9 Å². The third kappa shape index (κ3) is 4.75. The van der Waals surface area contributed by atoms with E-state index in [-0.39, 0.29) is 28.9 Å². The number of rotatable bonds is 5. The summed E-state index contributed by atoms with van der Waals surface area (Å²) in [6.45, 7) is 2.59. The van der Waals surface area contributed by atoms with Gasteiger partial charge >= 0.3 is 0 Å². The molecule has 0 saturated carbocycles. The fourth-order valence-corrected chi connectivity index (χ4v) is 4.78. The molecular formula is C19H20ClF2N3O3S. The van der Waals surface area contributed by atoms with Crippen molar-refractivity contribution in [1.29, 1.82) is 0 Å². The molecule has 1 heterocycles. The average Bonchev–Trinajstić information content (AvgIpc) is 2.70. The monoisotopic (exact) mass is 443 g/mol. The Labute approximate surface area is 173 Å². The summed E-state index contributed by atoms with van der Waals surface area (Å²) in [5.74, 6) is -1.69. The molecule has 1 aliphatic rings. The van der Waals surface area contributed by atoms with Crippen LogP contribution in [0.3, 0.4) is 0 Å². The number of amides is 1. The van der Waals surface area contributed by atoms with E-state index in [0.29, 0.717) is 18.8 Å². The van der Waals surface area contributed by atoms with Crippen LogP contribution < -0.4 is 5.32 Å². The number of carbonyl (C=O) groups is 1. The van der Waals surface area contributed by atoms with Gasteiger partial charge in [0.1, 0.15) is 16.5 Å². The number of anilines is 1. The van der Waals surface area contributed by atoms with E-state index in [9.17, 15) is 22.0 Å². The van der Waals surface area contributed by atoms with E-state index in [1.807, 2.05) is 4.90 Å². The zero-order chi connectivity index (χ0) is 21.2. The fraction of sp³-hybridized carbons (Fsp3) is 0.316. The highest BCUT2D eigenvalue weighted by Crippen LogP contribution is 2.22. The smallest absolute Gasteiger partial charge is 0.246 e. The van der Waals surface area contributed by atoms with E-state index < -0.39 is 27.7 Å². The molecule has 0 aliphatic carbocycles. The van der Waals surface area contributed by atoms with Crippen molar-refractivity contribution >= 4 is 33.2 Å². The Kier molecular flexibility index (Phi) is 6.52. The van der Waals surface area contributed by atoms with Gasteiger partial charge in [-0.15, -0.1) is 0 Å². The highest BCUT2D eigenvalue weighted by molar-refractivity contribution is 7.89. The molecule has 6 nitrogen and oxygen atoms in total. The number of benzene rings is 2. The van der Waals surface area contributed by atoms with Crippen LogP contribution in [0.2, 0.25) is 5.02 Å². The first kappa shape index (κ1) is 21.6. The number of hydrogen-bond acceptors (Lipinski definition) is 4. The Morgan fingerprint density at radius 3 is 2.34 bits per heavy atom. The Balaban J connectivity index is 1.61. The van der Waals surface area contributed by atoms with Gasteiger partial charge in [-0.3, -0.25) is 9.69 Å². The number of carbonyl (C=O) groups excluding carboxylic acids is 1. The van der Waals surface area contributed by atoms with Crippen molar-refractivity contribution in [2.24, 2.45) is 0 Å². The highest BCUT2D eigenvalue weighted by Gasteiger charge is 2.33. The molecule has 0 radical (unpaired) electrons. The van der Waals surface area contributed by atoms with Gasteiger partial charge in [0.05, 0.1) is 11.1 Å². The lowest BCUT2D eigenvalue weighted by Crippen LogP contribution is -2.54. The summed E-state index contributed by atoms with van der Waals surface area (Å²) in [5, 5.41) is 2.57. The van der Waals surface area contributed by atoms with Crippen LogP contribution in [0.15, 0.2) is 47.4 Å². The van der Waals surface area contributed by atoms with Crippen LogP contribution in [0.1, 0.15) is 6.92 Å². The molecule has 3 rings (SSSR count). The van der Waals surface area contributed by atoms with Gasteiger partial charge < -0.3 is 5.32 Å². The van der Waals surface area contributed by atoms with Crippen molar-refractivity contribution in [2.75, 3.05) is 31.5 Å². The maximum absolute atomic E-state index is 13.9. The molecule has 1 saturated heterocycles. The highest BCUT2D eigenvalue weighted by atomic mass is 35.5. The lowest BCUT2D eigenvalue weighted by Gasteiger charge is -2.36. The van der Waals surface area contributed by atoms with Gasteiger partial charge in [0.15, 0.2) is 0 Å². The first-order valence-corrected chi connectivity index (χ1v) is 10.8. The van der Waals surface area contributed by atoms with Crippen LogP contribution in [0.5, 0.6) is 0 Å². The van der Waals surface area contributed by atoms with Crippen molar-refractivity contribution in [3.8, 4) is 0 Å². The van der Waals surface area contributed by atoms with E-state index in [1.54, 1.807) is 6.92 Å². The molecule has 2 aromatic carbocycles. The molecule has 1 aliphatic heterocycles. The molecule has 0 bridgehead atoms. The van der Waals surface area contributed by atoms with Crippen LogP contribution in [0.4, 0.5) is 14.5 Å². The van der Waals surface area contributed by atoms with Crippen LogP contribution >= 0.6 is 11.6 Å². The number of halogens is 3. The molecular weight excluding hydrogens is 424 g/mol. The summed E-state index contributed by atoms with van der Waals surface area (Å²) >= 11 is 5.72. The van der Waals surface area contributed by atoms with Crippen molar-refractivity contribution < 1.29 is 22.0 Å². The zero-order valence-electron chi connectivity index (χ0n) is 15.6. The Morgan fingerprint density at radius 1 is 1.07 bits per heavy atom. The molecule has 1 atom stereocenters. The maximum atomic E-state index is 13.9. The van der Waals surface area contributed by atoms with E-state index in [4.69, 9.17) is 11.6 Å². The normalized spacial score (nSPS) is 17.1. The number of sulfonamides is 1. The second-order valence-electron chi connectivity index (χ2n) is 6.66. The third-order valence-electron chi connectivity index (χ3n) is 4.84. The summed E-state index contributed by atoms with van der Waals surface area (Å²) in [4.78, 5) is 14.0. The second kappa shape index (κ2) is 8.74. The number of piperazine rings is 1. The molecule has 10 heteroatoms.